The van der Waals surface area contributed by atoms with E-state index < -0.39 is 0 Å². The van der Waals surface area contributed by atoms with Gasteiger partial charge >= 0.3 is 0 Å². The van der Waals surface area contributed by atoms with E-state index in [2.05, 4.69) is 21.2 Å². The zero-order valence-corrected chi connectivity index (χ0v) is 13.8. The Morgan fingerprint density at radius 1 is 1.27 bits per heavy atom. The Morgan fingerprint density at radius 3 is 2.82 bits per heavy atom. The molecule has 5 heteroatoms. The molecule has 0 spiro atoms. The molecule has 0 aromatic heterocycles. The normalized spacial score (nSPS) is 13.2. The lowest BCUT2D eigenvalue weighted by Crippen LogP contribution is -2.24. The minimum atomic E-state index is -0.0965. The molecule has 0 aliphatic carbocycles. The molecule has 22 heavy (non-hydrogen) atoms. The molecule has 114 valence electrons. The number of aryl methyl sites for hydroxylation is 1. The first-order valence-corrected chi connectivity index (χ1v) is 7.79. The summed E-state index contributed by atoms with van der Waals surface area (Å²) in [7, 11) is 0. The van der Waals surface area contributed by atoms with Crippen LogP contribution in [-0.4, -0.2) is 12.7 Å². The molecule has 1 heterocycles. The van der Waals surface area contributed by atoms with E-state index in [1.165, 1.54) is 0 Å². The molecule has 1 aliphatic heterocycles. The maximum Gasteiger partial charge on any atom is 0.251 e. The summed E-state index contributed by atoms with van der Waals surface area (Å²) in [6, 6.07) is 11.4. The van der Waals surface area contributed by atoms with Crippen LogP contribution < -0.4 is 10.1 Å². The fraction of sp³-hybridized carbons (Fsp3) is 0.235. The number of rotatable bonds is 3. The van der Waals surface area contributed by atoms with E-state index in [1.54, 1.807) is 0 Å². The second-order valence-electron chi connectivity index (χ2n) is 5.21. The van der Waals surface area contributed by atoms with Crippen molar-refractivity contribution in [3.63, 3.8) is 0 Å². The highest BCUT2D eigenvalue weighted by Crippen LogP contribution is 2.31. The number of ether oxygens (including phenoxy) is 2. The van der Waals surface area contributed by atoms with Gasteiger partial charge in [0.2, 0.25) is 0 Å². The van der Waals surface area contributed by atoms with Crippen LogP contribution in [0.1, 0.15) is 27.0 Å². The Hall–Kier alpha value is -1.85. The molecule has 0 atom stereocenters. The average Bonchev–Trinajstić information content (AvgIpc) is 2.52. The minimum Gasteiger partial charge on any atom is -0.467 e. The monoisotopic (exact) mass is 361 g/mol. The van der Waals surface area contributed by atoms with Gasteiger partial charge in [-0.05, 0) is 31.2 Å². The summed E-state index contributed by atoms with van der Waals surface area (Å²) in [4.78, 5) is 12.2. The third kappa shape index (κ3) is 3.31. The Labute approximate surface area is 137 Å². The van der Waals surface area contributed by atoms with Crippen LogP contribution in [0.15, 0.2) is 40.9 Å². The minimum absolute atomic E-state index is 0.0965. The van der Waals surface area contributed by atoms with Crippen molar-refractivity contribution in [1.82, 2.24) is 5.32 Å². The van der Waals surface area contributed by atoms with Crippen LogP contribution in [0.5, 0.6) is 5.75 Å². The first kappa shape index (κ1) is 15.1. The van der Waals surface area contributed by atoms with Crippen LogP contribution in [0.25, 0.3) is 0 Å². The molecule has 3 rings (SSSR count). The van der Waals surface area contributed by atoms with Crippen molar-refractivity contribution in [2.24, 2.45) is 0 Å². The van der Waals surface area contributed by atoms with E-state index in [0.29, 0.717) is 18.7 Å². The highest BCUT2D eigenvalue weighted by Gasteiger charge is 2.17. The fourth-order valence-corrected chi connectivity index (χ4v) is 2.92. The van der Waals surface area contributed by atoms with E-state index >= 15 is 0 Å². The molecular formula is C17H16BrNO3. The SMILES string of the molecule is Cc1ccc(C(=O)NCc2cc(Br)cc3c2OCOC3)cc1. The Kier molecular flexibility index (Phi) is 4.45. The van der Waals surface area contributed by atoms with Crippen molar-refractivity contribution in [2.45, 2.75) is 20.1 Å². The Morgan fingerprint density at radius 2 is 2.05 bits per heavy atom. The number of carbonyl (C=O) groups excluding carboxylic acids is 1. The van der Waals surface area contributed by atoms with Crippen molar-refractivity contribution < 1.29 is 14.3 Å². The zero-order chi connectivity index (χ0) is 15.5. The summed E-state index contributed by atoms with van der Waals surface area (Å²) in [6.45, 7) is 3.17. The van der Waals surface area contributed by atoms with Gasteiger partial charge in [0.15, 0.2) is 6.79 Å². The lowest BCUT2D eigenvalue weighted by molar-refractivity contribution is -0.0171. The van der Waals surface area contributed by atoms with Crippen LogP contribution >= 0.6 is 15.9 Å². The van der Waals surface area contributed by atoms with E-state index in [4.69, 9.17) is 9.47 Å². The standard InChI is InChI=1S/C17H16BrNO3/c1-11-2-4-12(5-3-11)17(20)19-8-13-6-15(18)7-14-9-21-10-22-16(13)14/h2-7H,8-10H2,1H3,(H,19,20). The maximum atomic E-state index is 12.2. The van der Waals surface area contributed by atoms with Crippen LogP contribution in [0.3, 0.4) is 0 Å². The molecule has 0 unspecified atom stereocenters. The number of halogens is 1. The molecule has 0 radical (unpaired) electrons. The lowest BCUT2D eigenvalue weighted by atomic mass is 10.1. The van der Waals surface area contributed by atoms with Crippen molar-refractivity contribution in [3.8, 4) is 5.75 Å². The summed E-state index contributed by atoms with van der Waals surface area (Å²) in [5.74, 6) is 0.708. The lowest BCUT2D eigenvalue weighted by Gasteiger charge is -2.21. The molecule has 0 bridgehead atoms. The van der Waals surface area contributed by atoms with Gasteiger partial charge in [-0.25, -0.2) is 0 Å². The van der Waals surface area contributed by atoms with E-state index in [0.717, 1.165) is 26.9 Å². The van der Waals surface area contributed by atoms with Crippen LogP contribution in [-0.2, 0) is 17.9 Å². The first-order chi connectivity index (χ1) is 10.6. The molecule has 2 aromatic carbocycles. The largest absolute Gasteiger partial charge is 0.467 e. The van der Waals surface area contributed by atoms with E-state index in [-0.39, 0.29) is 12.7 Å². The number of amides is 1. The van der Waals surface area contributed by atoms with Gasteiger partial charge in [0.25, 0.3) is 5.91 Å². The van der Waals surface area contributed by atoms with Gasteiger partial charge in [0.1, 0.15) is 5.75 Å². The number of hydrogen-bond donors (Lipinski definition) is 1. The second-order valence-corrected chi connectivity index (χ2v) is 6.13. The van der Waals surface area contributed by atoms with Gasteiger partial charge in [-0.1, -0.05) is 33.6 Å². The average molecular weight is 362 g/mol. The van der Waals surface area contributed by atoms with Gasteiger partial charge in [-0.3, -0.25) is 4.79 Å². The van der Waals surface area contributed by atoms with Gasteiger partial charge in [-0.2, -0.15) is 0 Å². The quantitative estimate of drug-likeness (QED) is 0.909. The topological polar surface area (TPSA) is 47.6 Å². The van der Waals surface area contributed by atoms with Crippen molar-refractivity contribution >= 4 is 21.8 Å². The second kappa shape index (κ2) is 6.50. The maximum absolute atomic E-state index is 12.2. The number of nitrogens with one attached hydrogen (secondary N) is 1. The molecule has 0 saturated carbocycles. The highest BCUT2D eigenvalue weighted by molar-refractivity contribution is 9.10. The molecular weight excluding hydrogens is 346 g/mol. The molecule has 1 amide bonds. The fourth-order valence-electron chi connectivity index (χ4n) is 2.37. The van der Waals surface area contributed by atoms with Gasteiger partial charge in [-0.15, -0.1) is 0 Å². The predicted molar refractivity (Wildman–Crippen MR) is 86.8 cm³/mol. The number of hydrogen-bond acceptors (Lipinski definition) is 3. The molecule has 2 aromatic rings. The van der Waals surface area contributed by atoms with Crippen molar-refractivity contribution in [3.05, 3.63) is 63.1 Å². The van der Waals surface area contributed by atoms with Gasteiger partial charge in [0, 0.05) is 27.7 Å². The van der Waals surface area contributed by atoms with Crippen LogP contribution in [0, 0.1) is 6.92 Å². The highest BCUT2D eigenvalue weighted by atomic mass is 79.9. The third-order valence-corrected chi connectivity index (χ3v) is 3.96. The van der Waals surface area contributed by atoms with Gasteiger partial charge in [0.05, 0.1) is 6.61 Å². The van der Waals surface area contributed by atoms with Crippen LogP contribution in [0.2, 0.25) is 0 Å². The molecule has 1 N–H and O–H groups in total. The Balaban J connectivity index is 1.75. The van der Waals surface area contributed by atoms with Crippen LogP contribution in [0.4, 0.5) is 0 Å². The molecule has 4 nitrogen and oxygen atoms in total. The number of carbonyl (C=O) groups is 1. The third-order valence-electron chi connectivity index (χ3n) is 3.50. The first-order valence-electron chi connectivity index (χ1n) is 7.00. The van der Waals surface area contributed by atoms with E-state index in [1.807, 2.05) is 43.3 Å². The predicted octanol–water partition coefficient (Wildman–Crippen LogP) is 3.55. The summed E-state index contributed by atoms with van der Waals surface area (Å²) >= 11 is 3.48. The smallest absolute Gasteiger partial charge is 0.251 e. The molecule has 0 saturated heterocycles. The van der Waals surface area contributed by atoms with E-state index in [9.17, 15) is 4.79 Å². The van der Waals surface area contributed by atoms with Gasteiger partial charge < -0.3 is 14.8 Å². The number of fused-ring (bicyclic) bond motifs is 1. The molecule has 1 aliphatic rings. The van der Waals surface area contributed by atoms with Crippen molar-refractivity contribution in [1.29, 1.82) is 0 Å². The molecule has 0 fully saturated rings. The summed E-state index contributed by atoms with van der Waals surface area (Å²) in [6.07, 6.45) is 0. The summed E-state index contributed by atoms with van der Waals surface area (Å²) in [5.41, 5.74) is 3.71. The number of benzene rings is 2. The van der Waals surface area contributed by atoms with Crippen molar-refractivity contribution in [2.75, 3.05) is 6.79 Å². The summed E-state index contributed by atoms with van der Waals surface area (Å²) < 4.78 is 11.8. The summed E-state index contributed by atoms with van der Waals surface area (Å²) in [5, 5.41) is 2.93. The Bertz CT molecular complexity index is 698. The zero-order valence-electron chi connectivity index (χ0n) is 12.2.